The number of fused-ring (bicyclic) bond motifs is 1. The van der Waals surface area contributed by atoms with Gasteiger partial charge in [-0.05, 0) is 6.92 Å². The molecule has 0 N–H and O–H groups in total. The van der Waals surface area contributed by atoms with Gasteiger partial charge in [0.1, 0.15) is 5.69 Å². The Hall–Kier alpha value is -2.01. The minimum atomic E-state index is 0.538. The molecule has 0 spiro atoms. The molecule has 0 atom stereocenters. The SMILES string of the molecule is Cc1ccc(-c2nc3scc(C=O)n3n2)cc1. The van der Waals surface area contributed by atoms with Crippen LogP contribution in [0.2, 0.25) is 0 Å². The minimum Gasteiger partial charge on any atom is -0.296 e. The smallest absolute Gasteiger partial charge is 0.213 e. The third-order valence-electron chi connectivity index (χ3n) is 2.54. The average molecular weight is 243 g/mol. The Morgan fingerprint density at radius 1 is 1.29 bits per heavy atom. The molecule has 0 radical (unpaired) electrons. The molecule has 0 unspecified atom stereocenters. The van der Waals surface area contributed by atoms with Gasteiger partial charge in [-0.1, -0.05) is 29.8 Å². The topological polar surface area (TPSA) is 47.3 Å². The van der Waals surface area contributed by atoms with E-state index in [9.17, 15) is 4.79 Å². The Morgan fingerprint density at radius 3 is 2.76 bits per heavy atom. The fourth-order valence-electron chi connectivity index (χ4n) is 1.61. The first-order valence-electron chi connectivity index (χ1n) is 5.14. The van der Waals surface area contributed by atoms with E-state index in [0.29, 0.717) is 11.5 Å². The highest BCUT2D eigenvalue weighted by atomic mass is 32.1. The van der Waals surface area contributed by atoms with Crippen LogP contribution in [-0.2, 0) is 0 Å². The van der Waals surface area contributed by atoms with Gasteiger partial charge in [0.05, 0.1) is 0 Å². The third-order valence-corrected chi connectivity index (χ3v) is 3.37. The van der Waals surface area contributed by atoms with Crippen LogP contribution in [0.5, 0.6) is 0 Å². The zero-order chi connectivity index (χ0) is 11.8. The van der Waals surface area contributed by atoms with Crippen molar-refractivity contribution in [3.8, 4) is 11.4 Å². The molecule has 2 aromatic heterocycles. The summed E-state index contributed by atoms with van der Waals surface area (Å²) < 4.78 is 1.58. The van der Waals surface area contributed by atoms with Gasteiger partial charge >= 0.3 is 0 Å². The van der Waals surface area contributed by atoms with E-state index < -0.39 is 0 Å². The summed E-state index contributed by atoms with van der Waals surface area (Å²) in [4.78, 5) is 15.9. The number of rotatable bonds is 2. The highest BCUT2D eigenvalue weighted by molar-refractivity contribution is 7.15. The third kappa shape index (κ3) is 1.64. The number of aryl methyl sites for hydroxylation is 1. The van der Waals surface area contributed by atoms with Gasteiger partial charge in [0.2, 0.25) is 4.96 Å². The van der Waals surface area contributed by atoms with Gasteiger partial charge in [0.15, 0.2) is 12.1 Å². The van der Waals surface area contributed by atoms with E-state index in [4.69, 9.17) is 0 Å². The van der Waals surface area contributed by atoms with Crippen molar-refractivity contribution in [2.24, 2.45) is 0 Å². The second kappa shape index (κ2) is 3.78. The maximum atomic E-state index is 10.8. The van der Waals surface area contributed by atoms with Crippen LogP contribution in [-0.4, -0.2) is 20.9 Å². The molecular formula is C12H9N3OS. The van der Waals surface area contributed by atoms with Gasteiger partial charge in [-0.3, -0.25) is 4.79 Å². The number of benzene rings is 1. The number of carbonyl (C=O) groups is 1. The first kappa shape index (κ1) is 10.2. The van der Waals surface area contributed by atoms with E-state index >= 15 is 0 Å². The number of carbonyl (C=O) groups excluding carboxylic acids is 1. The second-order valence-electron chi connectivity index (χ2n) is 3.77. The van der Waals surface area contributed by atoms with Crippen LogP contribution < -0.4 is 0 Å². The second-order valence-corrected chi connectivity index (χ2v) is 4.61. The normalized spacial score (nSPS) is 10.9. The molecule has 0 aliphatic heterocycles. The van der Waals surface area contributed by atoms with Crippen molar-refractivity contribution in [3.05, 3.63) is 40.9 Å². The predicted molar refractivity (Wildman–Crippen MR) is 66.4 cm³/mol. The first-order chi connectivity index (χ1) is 8.28. The van der Waals surface area contributed by atoms with Crippen LogP contribution in [0.1, 0.15) is 16.1 Å². The van der Waals surface area contributed by atoms with Gasteiger partial charge < -0.3 is 0 Å². The molecule has 5 heteroatoms. The van der Waals surface area contributed by atoms with E-state index in [1.807, 2.05) is 31.2 Å². The van der Waals surface area contributed by atoms with Gasteiger partial charge in [-0.2, -0.15) is 9.50 Å². The lowest BCUT2D eigenvalue weighted by molar-refractivity contribution is 0.111. The molecule has 0 saturated carbocycles. The van der Waals surface area contributed by atoms with Crippen molar-refractivity contribution in [2.75, 3.05) is 0 Å². The Labute approximate surface area is 102 Å². The molecule has 1 aromatic carbocycles. The number of hydrogen-bond acceptors (Lipinski definition) is 4. The molecule has 0 amide bonds. The van der Waals surface area contributed by atoms with Crippen LogP contribution in [0.25, 0.3) is 16.3 Å². The summed E-state index contributed by atoms with van der Waals surface area (Å²) in [7, 11) is 0. The fourth-order valence-corrected chi connectivity index (χ4v) is 2.37. The van der Waals surface area contributed by atoms with E-state index in [-0.39, 0.29) is 0 Å². The average Bonchev–Trinajstić information content (AvgIpc) is 2.89. The fraction of sp³-hybridized carbons (Fsp3) is 0.0833. The van der Waals surface area contributed by atoms with Crippen LogP contribution in [0, 0.1) is 6.92 Å². The number of aldehydes is 1. The van der Waals surface area contributed by atoms with Crippen LogP contribution >= 0.6 is 11.3 Å². The molecule has 17 heavy (non-hydrogen) atoms. The summed E-state index contributed by atoms with van der Waals surface area (Å²) >= 11 is 1.42. The Balaban J connectivity index is 2.14. The highest BCUT2D eigenvalue weighted by Crippen LogP contribution is 2.20. The van der Waals surface area contributed by atoms with Crippen molar-refractivity contribution in [3.63, 3.8) is 0 Å². The molecule has 0 saturated heterocycles. The molecule has 4 nitrogen and oxygen atoms in total. The largest absolute Gasteiger partial charge is 0.296 e. The highest BCUT2D eigenvalue weighted by Gasteiger charge is 2.10. The molecule has 0 aliphatic rings. The predicted octanol–water partition coefficient (Wildman–Crippen LogP) is 2.58. The first-order valence-corrected chi connectivity index (χ1v) is 6.02. The molecular weight excluding hydrogens is 234 g/mol. The van der Waals surface area contributed by atoms with Crippen LogP contribution in [0.15, 0.2) is 29.6 Å². The summed E-state index contributed by atoms with van der Waals surface area (Å²) in [5, 5.41) is 6.08. The zero-order valence-corrected chi connectivity index (χ0v) is 9.94. The summed E-state index contributed by atoms with van der Waals surface area (Å²) in [5.74, 6) is 0.653. The number of aromatic nitrogens is 3. The van der Waals surface area contributed by atoms with Crippen molar-refractivity contribution in [1.29, 1.82) is 0 Å². The van der Waals surface area contributed by atoms with Crippen molar-refractivity contribution in [2.45, 2.75) is 6.92 Å². The van der Waals surface area contributed by atoms with Crippen LogP contribution in [0.3, 0.4) is 0 Å². The standard InChI is InChI=1S/C12H9N3OS/c1-8-2-4-9(5-3-8)11-13-12-15(14-11)10(6-16)7-17-12/h2-7H,1H3. The van der Waals surface area contributed by atoms with Gasteiger partial charge in [-0.15, -0.1) is 16.4 Å². The molecule has 0 fully saturated rings. The molecule has 84 valence electrons. The van der Waals surface area contributed by atoms with Crippen molar-refractivity contribution in [1.82, 2.24) is 14.6 Å². The lowest BCUT2D eigenvalue weighted by Gasteiger charge is -1.95. The minimum absolute atomic E-state index is 0.538. The lowest BCUT2D eigenvalue weighted by atomic mass is 10.1. The molecule has 0 aliphatic carbocycles. The maximum Gasteiger partial charge on any atom is 0.213 e. The summed E-state index contributed by atoms with van der Waals surface area (Å²) in [5.41, 5.74) is 2.70. The van der Waals surface area contributed by atoms with Gasteiger partial charge in [0, 0.05) is 10.9 Å². The van der Waals surface area contributed by atoms with Crippen LogP contribution in [0.4, 0.5) is 0 Å². The van der Waals surface area contributed by atoms with Crippen molar-refractivity contribution < 1.29 is 4.79 Å². The molecule has 3 aromatic rings. The lowest BCUT2D eigenvalue weighted by Crippen LogP contribution is -1.90. The quantitative estimate of drug-likeness (QED) is 0.650. The Morgan fingerprint density at radius 2 is 2.06 bits per heavy atom. The maximum absolute atomic E-state index is 10.8. The Bertz CT molecular complexity index is 681. The number of thiazole rings is 1. The van der Waals surface area contributed by atoms with E-state index in [2.05, 4.69) is 10.1 Å². The molecule has 3 rings (SSSR count). The summed E-state index contributed by atoms with van der Waals surface area (Å²) in [6.45, 7) is 2.04. The van der Waals surface area contributed by atoms with Gasteiger partial charge in [0.25, 0.3) is 0 Å². The van der Waals surface area contributed by atoms with Crippen molar-refractivity contribution >= 4 is 22.6 Å². The van der Waals surface area contributed by atoms with E-state index in [1.165, 1.54) is 16.9 Å². The van der Waals surface area contributed by atoms with E-state index in [1.54, 1.807) is 9.90 Å². The summed E-state index contributed by atoms with van der Waals surface area (Å²) in [6.07, 6.45) is 0.789. The number of hydrogen-bond donors (Lipinski definition) is 0. The number of nitrogens with zero attached hydrogens (tertiary/aromatic N) is 3. The van der Waals surface area contributed by atoms with E-state index in [0.717, 1.165) is 16.8 Å². The summed E-state index contributed by atoms with van der Waals surface area (Å²) in [6, 6.07) is 8.00. The van der Waals surface area contributed by atoms with Gasteiger partial charge in [-0.25, -0.2) is 0 Å². The Kier molecular flexibility index (Phi) is 2.26. The molecule has 2 heterocycles. The molecule has 0 bridgehead atoms. The zero-order valence-electron chi connectivity index (χ0n) is 9.12. The monoisotopic (exact) mass is 243 g/mol.